The van der Waals surface area contributed by atoms with E-state index in [2.05, 4.69) is 15.6 Å². The number of hydrogen-bond acceptors (Lipinski definition) is 6. The molecule has 0 saturated carbocycles. The average molecular weight is 452 g/mol. The first-order valence-electron chi connectivity index (χ1n) is 9.85. The molecule has 0 aromatic heterocycles. The molecule has 32 heavy (non-hydrogen) atoms. The number of anilines is 1. The van der Waals surface area contributed by atoms with Gasteiger partial charge in [0.25, 0.3) is 5.91 Å². The largest absolute Gasteiger partial charge is 0.418 e. The summed E-state index contributed by atoms with van der Waals surface area (Å²) >= 11 is 0. The molecule has 1 spiro atoms. The van der Waals surface area contributed by atoms with Gasteiger partial charge in [0.2, 0.25) is 5.91 Å². The fourth-order valence-corrected chi connectivity index (χ4v) is 3.68. The van der Waals surface area contributed by atoms with Crippen molar-refractivity contribution in [3.8, 4) is 0 Å². The fraction of sp³-hybridized carbons (Fsp3) is 0.400. The molecular formula is C20H23F3N6O3. The monoisotopic (exact) mass is 452 g/mol. The van der Waals surface area contributed by atoms with Crippen molar-refractivity contribution in [2.24, 2.45) is 10.7 Å². The maximum Gasteiger partial charge on any atom is 0.418 e. The summed E-state index contributed by atoms with van der Waals surface area (Å²) < 4.78 is 39.3. The number of alkyl halides is 3. The van der Waals surface area contributed by atoms with Crippen molar-refractivity contribution in [2.75, 3.05) is 31.6 Å². The zero-order valence-corrected chi connectivity index (χ0v) is 17.1. The topological polar surface area (TPSA) is 120 Å². The van der Waals surface area contributed by atoms with Crippen LogP contribution >= 0.6 is 0 Å². The SMILES string of the molecule is N/C=C\C=N/CN1CCC2(CC1)NC(=O)N(CC(=O)Nc1ccccc1C(F)(F)F)C2=O. The first-order chi connectivity index (χ1) is 15.2. The minimum atomic E-state index is -4.66. The first kappa shape index (κ1) is 23.3. The van der Waals surface area contributed by atoms with Gasteiger partial charge in [0, 0.05) is 19.3 Å². The number of aliphatic imine (C=N–C) groups is 1. The van der Waals surface area contributed by atoms with Crippen LogP contribution in [0.1, 0.15) is 18.4 Å². The van der Waals surface area contributed by atoms with E-state index in [0.29, 0.717) is 32.6 Å². The van der Waals surface area contributed by atoms with Gasteiger partial charge in [0.1, 0.15) is 12.1 Å². The predicted molar refractivity (Wildman–Crippen MR) is 111 cm³/mol. The van der Waals surface area contributed by atoms with Gasteiger partial charge in [-0.3, -0.25) is 24.4 Å². The quantitative estimate of drug-likeness (QED) is 0.447. The fourth-order valence-electron chi connectivity index (χ4n) is 3.68. The molecule has 0 aliphatic carbocycles. The number of carbonyl (C=O) groups excluding carboxylic acids is 3. The number of nitrogens with one attached hydrogen (secondary N) is 2. The first-order valence-corrected chi connectivity index (χ1v) is 9.85. The third-order valence-corrected chi connectivity index (χ3v) is 5.35. The molecule has 0 radical (unpaired) electrons. The Kier molecular flexibility index (Phi) is 6.82. The number of hydrogen-bond donors (Lipinski definition) is 3. The van der Waals surface area contributed by atoms with E-state index in [-0.39, 0.29) is 0 Å². The summed E-state index contributed by atoms with van der Waals surface area (Å²) in [5.74, 6) is -1.46. The Hall–Kier alpha value is -3.41. The Morgan fingerprint density at radius 2 is 1.94 bits per heavy atom. The Bertz CT molecular complexity index is 939. The predicted octanol–water partition coefficient (Wildman–Crippen LogP) is 1.53. The third kappa shape index (κ3) is 5.07. The lowest BCUT2D eigenvalue weighted by atomic mass is 9.87. The second kappa shape index (κ2) is 9.39. The lowest BCUT2D eigenvalue weighted by molar-refractivity contribution is -0.137. The van der Waals surface area contributed by atoms with Gasteiger partial charge in [-0.1, -0.05) is 12.1 Å². The Balaban J connectivity index is 1.61. The number of allylic oxidation sites excluding steroid dienone is 1. The maximum absolute atomic E-state index is 13.1. The summed E-state index contributed by atoms with van der Waals surface area (Å²) in [5, 5.41) is 4.80. The van der Waals surface area contributed by atoms with Crippen molar-refractivity contribution in [3.05, 3.63) is 42.1 Å². The normalized spacial score (nSPS) is 19.3. The van der Waals surface area contributed by atoms with Gasteiger partial charge in [0.15, 0.2) is 0 Å². The zero-order chi connectivity index (χ0) is 23.4. The molecule has 1 aromatic carbocycles. The van der Waals surface area contributed by atoms with Crippen molar-refractivity contribution in [3.63, 3.8) is 0 Å². The lowest BCUT2D eigenvalue weighted by Crippen LogP contribution is -2.55. The molecular weight excluding hydrogens is 429 g/mol. The number of rotatable bonds is 6. The number of benzene rings is 1. The number of likely N-dealkylation sites (tertiary alicyclic amines) is 1. The standard InChI is InChI=1S/C20H23F3N6O3/c21-20(22,23)14-4-1-2-5-15(14)26-16(30)12-29-17(31)19(27-18(29)32)6-10-28(11-7-19)13-25-9-3-8-24/h1-5,8-9H,6-7,10-13,24H2,(H,26,30)(H,27,32)/b8-3-,25-9-. The van der Waals surface area contributed by atoms with Crippen molar-refractivity contribution in [1.82, 2.24) is 15.1 Å². The Labute approximate surface area is 182 Å². The number of carbonyl (C=O) groups is 3. The number of piperidine rings is 1. The summed E-state index contributed by atoms with van der Waals surface area (Å²) in [6, 6.07) is 3.75. The molecule has 1 aromatic rings. The van der Waals surface area contributed by atoms with Gasteiger partial charge >= 0.3 is 12.2 Å². The van der Waals surface area contributed by atoms with Crippen molar-refractivity contribution in [1.29, 1.82) is 0 Å². The highest BCUT2D eigenvalue weighted by Gasteiger charge is 2.52. The average Bonchev–Trinajstić information content (AvgIpc) is 2.96. The molecule has 2 aliphatic rings. The van der Waals surface area contributed by atoms with Crippen LogP contribution in [0.4, 0.5) is 23.7 Å². The molecule has 2 saturated heterocycles. The second-order valence-electron chi connectivity index (χ2n) is 7.47. The number of imide groups is 1. The van der Waals surface area contributed by atoms with Crippen LogP contribution in [0.15, 0.2) is 41.5 Å². The van der Waals surface area contributed by atoms with Gasteiger partial charge in [-0.2, -0.15) is 13.2 Å². The summed E-state index contributed by atoms with van der Waals surface area (Å²) in [6.07, 6.45) is 0.497. The Morgan fingerprint density at radius 1 is 1.25 bits per heavy atom. The Morgan fingerprint density at radius 3 is 2.59 bits per heavy atom. The van der Waals surface area contributed by atoms with E-state index >= 15 is 0 Å². The van der Waals surface area contributed by atoms with Gasteiger partial charge < -0.3 is 16.4 Å². The molecule has 0 atom stereocenters. The number of urea groups is 1. The van der Waals surface area contributed by atoms with Crippen LogP contribution < -0.4 is 16.4 Å². The molecule has 12 heteroatoms. The molecule has 4 N–H and O–H groups in total. The second-order valence-corrected chi connectivity index (χ2v) is 7.47. The molecule has 4 amide bonds. The summed E-state index contributed by atoms with van der Waals surface area (Å²) in [7, 11) is 0. The number of nitrogens with two attached hydrogens (primary N) is 1. The minimum Gasteiger partial charge on any atom is -0.405 e. The van der Waals surface area contributed by atoms with Crippen molar-refractivity contribution >= 4 is 29.7 Å². The molecule has 2 aliphatic heterocycles. The number of halogens is 3. The van der Waals surface area contributed by atoms with Gasteiger partial charge in [0.05, 0.1) is 17.9 Å². The van der Waals surface area contributed by atoms with E-state index in [1.807, 2.05) is 4.90 Å². The van der Waals surface area contributed by atoms with Gasteiger partial charge in [-0.25, -0.2) is 4.79 Å². The number of amides is 4. The highest BCUT2D eigenvalue weighted by atomic mass is 19.4. The molecule has 0 bridgehead atoms. The third-order valence-electron chi connectivity index (χ3n) is 5.35. The van der Waals surface area contributed by atoms with E-state index in [1.54, 1.807) is 12.3 Å². The van der Waals surface area contributed by atoms with Gasteiger partial charge in [-0.05, 0) is 37.3 Å². The van der Waals surface area contributed by atoms with E-state index in [0.717, 1.165) is 17.0 Å². The van der Waals surface area contributed by atoms with Crippen LogP contribution in [0, 0.1) is 0 Å². The van der Waals surface area contributed by atoms with Crippen LogP contribution in [-0.4, -0.2) is 65.7 Å². The van der Waals surface area contributed by atoms with Gasteiger partial charge in [-0.15, -0.1) is 0 Å². The van der Waals surface area contributed by atoms with Crippen LogP contribution in [0.2, 0.25) is 0 Å². The highest BCUT2D eigenvalue weighted by Crippen LogP contribution is 2.34. The molecule has 172 valence electrons. The summed E-state index contributed by atoms with van der Waals surface area (Å²) in [4.78, 5) is 44.5. The molecule has 0 unspecified atom stereocenters. The maximum atomic E-state index is 13.1. The molecule has 3 rings (SSSR count). The van der Waals surface area contributed by atoms with Crippen LogP contribution in [0.5, 0.6) is 0 Å². The van der Waals surface area contributed by atoms with E-state index < -0.39 is 47.4 Å². The highest BCUT2D eigenvalue weighted by molar-refractivity contribution is 6.10. The number of nitrogens with zero attached hydrogens (tertiary/aromatic N) is 3. The van der Waals surface area contributed by atoms with Crippen molar-refractivity contribution in [2.45, 2.75) is 24.6 Å². The lowest BCUT2D eigenvalue weighted by Gasteiger charge is -2.36. The summed E-state index contributed by atoms with van der Waals surface area (Å²) in [5.41, 5.74) is 2.64. The summed E-state index contributed by atoms with van der Waals surface area (Å²) in [6.45, 7) is 0.717. The smallest absolute Gasteiger partial charge is 0.405 e. The van der Waals surface area contributed by atoms with Crippen LogP contribution in [0.25, 0.3) is 0 Å². The zero-order valence-electron chi connectivity index (χ0n) is 17.1. The number of para-hydroxylation sites is 1. The molecule has 9 nitrogen and oxygen atoms in total. The van der Waals surface area contributed by atoms with Crippen LogP contribution in [0.3, 0.4) is 0 Å². The minimum absolute atomic E-state index is 0.328. The van der Waals surface area contributed by atoms with E-state index in [9.17, 15) is 27.6 Å². The molecule has 2 heterocycles. The van der Waals surface area contributed by atoms with Crippen molar-refractivity contribution < 1.29 is 27.6 Å². The van der Waals surface area contributed by atoms with E-state index in [4.69, 9.17) is 5.73 Å². The van der Waals surface area contributed by atoms with E-state index in [1.165, 1.54) is 18.3 Å². The van der Waals surface area contributed by atoms with Crippen LogP contribution in [-0.2, 0) is 15.8 Å². The molecule has 2 fully saturated rings.